The molecule has 0 aliphatic heterocycles. The monoisotopic (exact) mass is 97.1 g/mol. The van der Waals surface area contributed by atoms with E-state index in [1.54, 1.807) is 0 Å². The van der Waals surface area contributed by atoms with Gasteiger partial charge in [-0.3, -0.25) is 4.99 Å². The molecule has 1 atom stereocenters. The van der Waals surface area contributed by atoms with Gasteiger partial charge in [-0.2, -0.15) is 0 Å². The van der Waals surface area contributed by atoms with Crippen LogP contribution in [0.5, 0.6) is 0 Å². The predicted octanol–water partition coefficient (Wildman–Crippen LogP) is 0.346. The molecule has 2 nitrogen and oxygen atoms in total. The van der Waals surface area contributed by atoms with E-state index in [9.17, 15) is 0 Å². The van der Waals surface area contributed by atoms with E-state index in [1.807, 2.05) is 0 Å². The van der Waals surface area contributed by atoms with Gasteiger partial charge in [0.1, 0.15) is 0 Å². The number of rotatable bonds is 2. The second kappa shape index (κ2) is 3.34. The summed E-state index contributed by atoms with van der Waals surface area (Å²) < 4.78 is 0. The van der Waals surface area contributed by atoms with Crippen molar-refractivity contribution in [3.05, 3.63) is 18.4 Å². The first-order chi connectivity index (χ1) is 3.31. The predicted molar refractivity (Wildman–Crippen MR) is 29.3 cm³/mol. The van der Waals surface area contributed by atoms with Gasteiger partial charge in [0.25, 0.3) is 0 Å². The van der Waals surface area contributed by atoms with E-state index in [-0.39, 0.29) is 0 Å². The van der Waals surface area contributed by atoms with E-state index in [0.29, 0.717) is 0 Å². The summed E-state index contributed by atoms with van der Waals surface area (Å²) >= 11 is 0. The number of hydrogen-bond acceptors (Lipinski definition) is 2. The van der Waals surface area contributed by atoms with Gasteiger partial charge in [-0.15, -0.1) is 5.73 Å². The normalized spacial score (nSPS) is 11.6. The van der Waals surface area contributed by atoms with Gasteiger partial charge >= 0.3 is 0 Å². The lowest BCUT2D eigenvalue weighted by atomic mass is 10.5. The van der Waals surface area contributed by atoms with Crippen molar-refractivity contribution >= 4 is 6.72 Å². The molecule has 0 radical (unpaired) electrons. The van der Waals surface area contributed by atoms with Gasteiger partial charge in [-0.05, 0) is 6.72 Å². The molecule has 0 saturated carbocycles. The Morgan fingerprint density at radius 1 is 1.86 bits per heavy atom. The van der Waals surface area contributed by atoms with Gasteiger partial charge in [0.2, 0.25) is 0 Å². The van der Waals surface area contributed by atoms with Crippen molar-refractivity contribution in [3.8, 4) is 0 Å². The van der Waals surface area contributed by atoms with Gasteiger partial charge in [-0.25, -0.2) is 0 Å². The highest BCUT2D eigenvalue weighted by Crippen LogP contribution is 1.80. The molecule has 0 bridgehead atoms. The number of nitrogens with zero attached hydrogens (tertiary/aromatic N) is 1. The molecule has 0 aromatic heterocycles. The Morgan fingerprint density at radius 2 is 2.43 bits per heavy atom. The van der Waals surface area contributed by atoms with Gasteiger partial charge in [-0.1, -0.05) is 6.58 Å². The van der Waals surface area contributed by atoms with Crippen LogP contribution in [-0.2, 0) is 0 Å². The van der Waals surface area contributed by atoms with Crippen molar-refractivity contribution < 1.29 is 5.11 Å². The van der Waals surface area contributed by atoms with Gasteiger partial charge in [0.05, 0.1) is 0 Å². The zero-order chi connectivity index (χ0) is 5.70. The van der Waals surface area contributed by atoms with Gasteiger partial charge in [0, 0.05) is 6.08 Å². The molecule has 38 valence electrons. The van der Waals surface area contributed by atoms with E-state index in [0.717, 1.165) is 0 Å². The number of aliphatic hydroxyl groups is 1. The minimum Gasteiger partial charge on any atom is -0.368 e. The molecule has 0 unspecified atom stereocenters. The van der Waals surface area contributed by atoms with E-state index in [2.05, 4.69) is 24.0 Å². The van der Waals surface area contributed by atoms with Gasteiger partial charge in [0.15, 0.2) is 6.23 Å². The average molecular weight is 97.1 g/mol. The van der Waals surface area contributed by atoms with Crippen LogP contribution in [-0.4, -0.2) is 18.1 Å². The van der Waals surface area contributed by atoms with Crippen LogP contribution in [0.4, 0.5) is 0 Å². The van der Waals surface area contributed by atoms with Gasteiger partial charge < -0.3 is 5.11 Å². The summed E-state index contributed by atoms with van der Waals surface area (Å²) in [6.07, 6.45) is 0.477. The number of aliphatic hydroxyl groups excluding tert-OH is 1. The number of aliphatic imine (C=N–C) groups is 1. The third kappa shape index (κ3) is 2.97. The SMILES string of the molecule is C=C=C[C@H](O)N=C. The lowest BCUT2D eigenvalue weighted by Crippen LogP contribution is -1.92. The van der Waals surface area contributed by atoms with Crippen molar-refractivity contribution in [1.82, 2.24) is 0 Å². The second-order valence-corrected chi connectivity index (χ2v) is 0.967. The number of hydrogen-bond donors (Lipinski definition) is 1. The van der Waals surface area contributed by atoms with Crippen molar-refractivity contribution in [2.24, 2.45) is 4.99 Å². The van der Waals surface area contributed by atoms with Crippen LogP contribution in [0.15, 0.2) is 23.4 Å². The van der Waals surface area contributed by atoms with Crippen molar-refractivity contribution in [2.75, 3.05) is 0 Å². The summed E-state index contributed by atoms with van der Waals surface area (Å²) in [5, 5.41) is 8.47. The highest BCUT2D eigenvalue weighted by atomic mass is 16.3. The quantitative estimate of drug-likeness (QED) is 0.391. The van der Waals surface area contributed by atoms with Crippen molar-refractivity contribution in [2.45, 2.75) is 6.23 Å². The Bertz CT molecular complexity index is 103. The smallest absolute Gasteiger partial charge is 0.170 e. The molecule has 1 N–H and O–H groups in total. The minimum absolute atomic E-state index is 0.836. The minimum atomic E-state index is -0.836. The molecule has 0 heterocycles. The molecule has 0 aliphatic carbocycles. The summed E-state index contributed by atoms with van der Waals surface area (Å²) in [5.41, 5.74) is 2.36. The Morgan fingerprint density at radius 3 is 2.57 bits per heavy atom. The molecule has 0 saturated heterocycles. The Kier molecular flexibility index (Phi) is 2.94. The lowest BCUT2D eigenvalue weighted by Gasteiger charge is -1.88. The van der Waals surface area contributed by atoms with E-state index in [1.165, 1.54) is 6.08 Å². The third-order valence-corrected chi connectivity index (χ3v) is 0.454. The molecule has 7 heavy (non-hydrogen) atoms. The average Bonchev–Trinajstić information content (AvgIpc) is 1.68. The van der Waals surface area contributed by atoms with Crippen LogP contribution in [0.3, 0.4) is 0 Å². The first-order valence-corrected chi connectivity index (χ1v) is 1.81. The van der Waals surface area contributed by atoms with Crippen molar-refractivity contribution in [3.63, 3.8) is 0 Å². The third-order valence-electron chi connectivity index (χ3n) is 0.454. The fourth-order valence-corrected chi connectivity index (χ4v) is 0.158. The first kappa shape index (κ1) is 6.15. The van der Waals surface area contributed by atoms with Crippen LogP contribution in [0.1, 0.15) is 0 Å². The van der Waals surface area contributed by atoms with E-state index >= 15 is 0 Å². The molecule has 0 aromatic rings. The van der Waals surface area contributed by atoms with Crippen LogP contribution in [0.25, 0.3) is 0 Å². The van der Waals surface area contributed by atoms with Crippen LogP contribution in [0, 0.1) is 0 Å². The Labute approximate surface area is 42.5 Å². The van der Waals surface area contributed by atoms with Crippen LogP contribution >= 0.6 is 0 Å². The van der Waals surface area contributed by atoms with Crippen LogP contribution in [0.2, 0.25) is 0 Å². The summed E-state index contributed by atoms with van der Waals surface area (Å²) in [4.78, 5) is 3.23. The molecular formula is C5H7NO. The summed E-state index contributed by atoms with van der Waals surface area (Å²) in [7, 11) is 0. The zero-order valence-electron chi connectivity index (χ0n) is 3.96. The van der Waals surface area contributed by atoms with E-state index in [4.69, 9.17) is 5.11 Å². The maximum absolute atomic E-state index is 8.47. The maximum Gasteiger partial charge on any atom is 0.170 e. The summed E-state index contributed by atoms with van der Waals surface area (Å²) in [6.45, 7) is 6.30. The second-order valence-electron chi connectivity index (χ2n) is 0.967. The standard InChI is InChI=1S/C5H7NO/c1-3-4-5(7)6-2/h4-5,7H,1-2H2/t5-/m0/s1. The zero-order valence-corrected chi connectivity index (χ0v) is 3.96. The highest BCUT2D eigenvalue weighted by molar-refractivity contribution is 5.24. The Balaban J connectivity index is 3.56. The molecule has 2 heteroatoms. The summed E-state index contributed by atoms with van der Waals surface area (Å²) in [5.74, 6) is 0. The van der Waals surface area contributed by atoms with E-state index < -0.39 is 6.23 Å². The van der Waals surface area contributed by atoms with Crippen LogP contribution < -0.4 is 0 Å². The largest absolute Gasteiger partial charge is 0.368 e. The topological polar surface area (TPSA) is 32.6 Å². The fourth-order valence-electron chi connectivity index (χ4n) is 0.158. The first-order valence-electron chi connectivity index (χ1n) is 1.81. The maximum atomic E-state index is 8.47. The fraction of sp³-hybridized carbons (Fsp3) is 0.200. The molecular weight excluding hydrogens is 90.1 g/mol. The molecule has 0 rings (SSSR count). The molecule has 0 fully saturated rings. The summed E-state index contributed by atoms with van der Waals surface area (Å²) in [6, 6.07) is 0. The highest BCUT2D eigenvalue weighted by Gasteiger charge is 1.83. The van der Waals surface area contributed by atoms with Crippen molar-refractivity contribution in [1.29, 1.82) is 0 Å². The molecule has 0 aliphatic rings. The lowest BCUT2D eigenvalue weighted by molar-refractivity contribution is 0.235. The Hall–Kier alpha value is -0.850. The molecule has 0 amide bonds. The molecule has 0 spiro atoms. The molecule has 0 aromatic carbocycles.